The molecule has 25 heteroatoms. The van der Waals surface area contributed by atoms with E-state index in [2.05, 4.69) is 28.2 Å². The van der Waals surface area contributed by atoms with Gasteiger partial charge in [-0.3, -0.25) is 24.0 Å². The molecule has 3 aromatic carbocycles. The third-order valence-corrected chi connectivity index (χ3v) is 25.2. The van der Waals surface area contributed by atoms with Crippen molar-refractivity contribution >= 4 is 125 Å². The number of benzene rings is 3. The van der Waals surface area contributed by atoms with E-state index < -0.39 is 74.1 Å². The van der Waals surface area contributed by atoms with E-state index in [1.165, 1.54) is 12.1 Å². The normalized spacial score (nSPS) is 17.4. The van der Waals surface area contributed by atoms with Crippen LogP contribution in [-0.2, 0) is 43.3 Å². The number of rotatable bonds is 20. The molecule has 65 heavy (non-hydrogen) atoms. The third kappa shape index (κ3) is 12.8. The first-order valence-electron chi connectivity index (χ1n) is 20.4. The standard InChI is InChI=1S/C40H42B2F2N4O11S6/c1-39(60-62-40(63-61-39)64-65-40)17-21-7-9-22(10-8-21)35(51)47-32(38(54)55)6-4-2-3-5-25(49)11-12-45-37(53)33(48-36(52)24-14-29-27(31(44)16-24)20-59-42(29)57)18-46-34(50)23-13-28-26(30(43)15-23)19-58-41(28)56/h7-10,13-16,32-33,56-57H,2-6,11-12,17-20H2,1H3,(H,45,53)(H,46,50)(H,47,51)(H,48,52)(H,54,55)/t32?,33-/m0/s1. The van der Waals surface area contributed by atoms with Crippen molar-refractivity contribution in [3.63, 3.8) is 0 Å². The SMILES string of the molecule is CC1(Cc2ccc(C(=O)NC(CCCCCC(=O)CCNC(=O)[C@H](CNC(=O)c3cc(F)c4c(c3)B(O)OC4)NC(=O)c3cc(F)c4c(c3)B(O)OC4)C(=O)O)cc2)SSC2(SS1)SS2. The number of nitrogens with one attached hydrogen (secondary N) is 4. The van der Waals surface area contributed by atoms with Gasteiger partial charge in [0.1, 0.15) is 29.5 Å². The van der Waals surface area contributed by atoms with E-state index in [1.807, 2.05) is 76.9 Å². The van der Waals surface area contributed by atoms with Crippen LogP contribution in [0.25, 0.3) is 0 Å². The highest BCUT2D eigenvalue weighted by Gasteiger charge is 2.55. The number of carbonyl (C=O) groups is 6. The lowest BCUT2D eigenvalue weighted by atomic mass is 9.78. The number of Topliss-reactive ketones (excluding diaryl/α,β-unsaturated/α-hetero) is 1. The Bertz CT molecular complexity index is 2350. The Labute approximate surface area is 396 Å². The summed E-state index contributed by atoms with van der Waals surface area (Å²) in [4.78, 5) is 77.5. The van der Waals surface area contributed by atoms with Gasteiger partial charge in [0.25, 0.3) is 17.7 Å². The molecule has 4 amide bonds. The lowest BCUT2D eigenvalue weighted by molar-refractivity contribution is -0.139. The van der Waals surface area contributed by atoms with E-state index in [0.717, 1.165) is 24.1 Å². The van der Waals surface area contributed by atoms with Gasteiger partial charge in [0.05, 0.1) is 17.3 Å². The van der Waals surface area contributed by atoms with E-state index in [9.17, 15) is 52.7 Å². The molecule has 2 saturated heterocycles. The molecule has 4 heterocycles. The number of carboxylic acids is 1. The maximum atomic E-state index is 14.8. The van der Waals surface area contributed by atoms with Crippen molar-refractivity contribution in [3.05, 3.63) is 93.5 Å². The molecule has 2 atom stereocenters. The average molecular weight is 1010 g/mol. The second-order valence-corrected chi connectivity index (χ2v) is 25.7. The number of hydrogen-bond acceptors (Lipinski definition) is 16. The van der Waals surface area contributed by atoms with Crippen LogP contribution >= 0.6 is 64.8 Å². The van der Waals surface area contributed by atoms with Gasteiger partial charge in [-0.1, -0.05) is 46.6 Å². The van der Waals surface area contributed by atoms with E-state index >= 15 is 0 Å². The quantitative estimate of drug-likeness (QED) is 0.0369. The van der Waals surface area contributed by atoms with Crippen molar-refractivity contribution in [2.45, 2.75) is 84.0 Å². The molecule has 4 aliphatic rings. The monoisotopic (exact) mass is 1010 g/mol. The molecule has 0 radical (unpaired) electrons. The highest BCUT2D eigenvalue weighted by Crippen LogP contribution is 2.85. The Morgan fingerprint density at radius 3 is 1.85 bits per heavy atom. The Hall–Kier alpha value is -3.39. The van der Waals surface area contributed by atoms with Gasteiger partial charge >= 0.3 is 20.2 Å². The van der Waals surface area contributed by atoms with Gasteiger partial charge in [-0.05, 0) is 122 Å². The molecule has 3 aromatic rings. The second-order valence-electron chi connectivity index (χ2n) is 15.7. The zero-order valence-electron chi connectivity index (χ0n) is 34.5. The highest BCUT2D eigenvalue weighted by molar-refractivity contribution is 9.14. The van der Waals surface area contributed by atoms with Crippen LogP contribution in [0.15, 0.2) is 48.5 Å². The largest absolute Gasteiger partial charge is 0.491 e. The summed E-state index contributed by atoms with van der Waals surface area (Å²) >= 11 is 0. The summed E-state index contributed by atoms with van der Waals surface area (Å²) in [5, 5.41) is 39.9. The summed E-state index contributed by atoms with van der Waals surface area (Å²) in [6.45, 7) is 1.14. The van der Waals surface area contributed by atoms with Crippen LogP contribution in [0, 0.1) is 11.6 Å². The Morgan fingerprint density at radius 2 is 1.26 bits per heavy atom. The van der Waals surface area contributed by atoms with Gasteiger partial charge in [0, 0.05) is 53.7 Å². The molecular weight excluding hydrogens is 964 g/mol. The van der Waals surface area contributed by atoms with E-state index in [0.29, 0.717) is 24.8 Å². The molecule has 7 rings (SSSR count). The number of ketones is 1. The van der Waals surface area contributed by atoms with Crippen molar-refractivity contribution < 1.29 is 62.0 Å². The van der Waals surface area contributed by atoms with Crippen LogP contribution in [0.2, 0.25) is 0 Å². The van der Waals surface area contributed by atoms with Crippen LogP contribution in [0.5, 0.6) is 0 Å². The fourth-order valence-electron chi connectivity index (χ4n) is 7.09. The number of halogens is 2. The molecule has 0 aliphatic carbocycles. The minimum absolute atomic E-state index is 0.0217. The van der Waals surface area contributed by atoms with Crippen LogP contribution in [-0.4, -0.2) is 96.8 Å². The molecule has 1 unspecified atom stereocenters. The zero-order chi connectivity index (χ0) is 46.5. The molecule has 0 aromatic heterocycles. The fraction of sp³-hybridized carbons (Fsp3) is 0.400. The Balaban J connectivity index is 0.852. The molecule has 0 saturated carbocycles. The first-order chi connectivity index (χ1) is 31.0. The number of unbranched alkanes of at least 4 members (excludes halogenated alkanes) is 2. The first kappa shape index (κ1) is 49.5. The number of carboxylic acid groups (broad SMARTS) is 1. The molecular formula is C40H42B2F2N4O11S6. The predicted octanol–water partition coefficient (Wildman–Crippen LogP) is 3.88. The van der Waals surface area contributed by atoms with Gasteiger partial charge in [-0.25, -0.2) is 13.6 Å². The number of amides is 4. The summed E-state index contributed by atoms with van der Waals surface area (Å²) in [5.41, 5.74) is 1.27. The molecule has 15 nitrogen and oxygen atoms in total. The summed E-state index contributed by atoms with van der Waals surface area (Å²) in [7, 11) is 8.34. The smallest absolute Gasteiger partial charge is 0.480 e. The van der Waals surface area contributed by atoms with E-state index in [-0.39, 0.29) is 84.8 Å². The summed E-state index contributed by atoms with van der Waals surface area (Å²) in [6, 6.07) is 8.89. The molecule has 344 valence electrons. The molecule has 1 spiro atoms. The third-order valence-electron chi connectivity index (χ3n) is 10.7. The van der Waals surface area contributed by atoms with Gasteiger partial charge in [0.2, 0.25) is 5.91 Å². The molecule has 0 bridgehead atoms. The summed E-state index contributed by atoms with van der Waals surface area (Å²) < 4.78 is 39.7. The highest BCUT2D eigenvalue weighted by atomic mass is 33.2. The lowest BCUT2D eigenvalue weighted by Crippen LogP contribution is -2.53. The maximum absolute atomic E-state index is 14.8. The van der Waals surface area contributed by atoms with Crippen LogP contribution < -0.4 is 32.2 Å². The van der Waals surface area contributed by atoms with Crippen LogP contribution in [0.4, 0.5) is 8.78 Å². The van der Waals surface area contributed by atoms with Crippen LogP contribution in [0.1, 0.15) is 93.2 Å². The van der Waals surface area contributed by atoms with Crippen molar-refractivity contribution in [2.75, 3.05) is 13.1 Å². The van der Waals surface area contributed by atoms with E-state index in [1.54, 1.807) is 12.1 Å². The lowest BCUT2D eigenvalue weighted by Gasteiger charge is -2.33. The van der Waals surface area contributed by atoms with Crippen LogP contribution in [0.3, 0.4) is 0 Å². The Morgan fingerprint density at radius 1 is 0.708 bits per heavy atom. The Kier molecular flexibility index (Phi) is 16.5. The van der Waals surface area contributed by atoms with Gasteiger partial charge in [-0.15, -0.1) is 0 Å². The fourth-order valence-corrected chi connectivity index (χ4v) is 20.1. The molecule has 7 N–H and O–H groups in total. The summed E-state index contributed by atoms with van der Waals surface area (Å²) in [6.07, 6.45) is 2.34. The van der Waals surface area contributed by atoms with Gasteiger partial charge in [-0.2, -0.15) is 0 Å². The van der Waals surface area contributed by atoms with E-state index in [4.69, 9.17) is 9.31 Å². The number of carbonyl (C=O) groups excluding carboxylic acids is 5. The van der Waals surface area contributed by atoms with Crippen molar-refractivity contribution in [2.24, 2.45) is 0 Å². The van der Waals surface area contributed by atoms with Crippen molar-refractivity contribution in [1.82, 2.24) is 21.3 Å². The predicted molar refractivity (Wildman–Crippen MR) is 253 cm³/mol. The van der Waals surface area contributed by atoms with Gasteiger partial charge in [0.15, 0.2) is 2.74 Å². The number of hydrogen-bond donors (Lipinski definition) is 7. The molecule has 2 fully saturated rings. The topological polar surface area (TPSA) is 230 Å². The summed E-state index contributed by atoms with van der Waals surface area (Å²) in [5.74, 6) is -6.06. The van der Waals surface area contributed by atoms with Crippen molar-refractivity contribution in [1.29, 1.82) is 0 Å². The van der Waals surface area contributed by atoms with Gasteiger partial charge < -0.3 is 45.7 Å². The average Bonchev–Trinajstić information content (AvgIpc) is 3.79. The first-order valence-corrected chi connectivity index (χ1v) is 26.8. The molecule has 4 aliphatic heterocycles. The van der Waals surface area contributed by atoms with Crippen molar-refractivity contribution in [3.8, 4) is 0 Å². The zero-order valence-corrected chi connectivity index (χ0v) is 39.4. The number of fused-ring (bicyclic) bond motifs is 2. The second kappa shape index (κ2) is 21.7. The minimum Gasteiger partial charge on any atom is -0.480 e. The minimum atomic E-state index is -1.48. The maximum Gasteiger partial charge on any atom is 0.491 e. The number of aliphatic carboxylic acids is 1.